The highest BCUT2D eigenvalue weighted by Gasteiger charge is 2.12. The first-order chi connectivity index (χ1) is 16.3. The molecule has 0 radical (unpaired) electrons. The lowest BCUT2D eigenvalue weighted by Crippen LogP contribution is -2.02. The molecule has 0 saturated carbocycles. The van der Waals surface area contributed by atoms with Gasteiger partial charge in [0, 0.05) is 22.7 Å². The maximum atomic E-state index is 4.95. The zero-order valence-corrected chi connectivity index (χ0v) is 18.0. The van der Waals surface area contributed by atoms with Crippen molar-refractivity contribution in [2.24, 2.45) is 0 Å². The predicted molar refractivity (Wildman–Crippen MR) is 135 cm³/mol. The van der Waals surface area contributed by atoms with Crippen molar-refractivity contribution in [2.75, 3.05) is 0 Å². The summed E-state index contributed by atoms with van der Waals surface area (Å²) < 4.78 is 2.07. The third-order valence-electron chi connectivity index (χ3n) is 5.87. The highest BCUT2D eigenvalue weighted by atomic mass is 15.1. The molecular formula is C30H21N3. The molecule has 0 aliphatic carbocycles. The average molecular weight is 424 g/mol. The molecule has 0 bridgehead atoms. The molecule has 0 saturated heterocycles. The summed E-state index contributed by atoms with van der Waals surface area (Å²) in [4.78, 5) is 9.91. The molecule has 3 heteroatoms. The van der Waals surface area contributed by atoms with E-state index in [1.165, 1.54) is 11.1 Å². The summed E-state index contributed by atoms with van der Waals surface area (Å²) in [6.07, 6.45) is 2.05. The molecule has 0 aliphatic heterocycles. The normalized spacial score (nSPS) is 11.0. The van der Waals surface area contributed by atoms with Crippen molar-refractivity contribution in [1.29, 1.82) is 0 Å². The van der Waals surface area contributed by atoms with Crippen molar-refractivity contribution in [3.8, 4) is 39.6 Å². The van der Waals surface area contributed by atoms with Crippen LogP contribution in [0.3, 0.4) is 0 Å². The third-order valence-corrected chi connectivity index (χ3v) is 5.87. The summed E-state index contributed by atoms with van der Waals surface area (Å²) >= 11 is 0. The number of hydrogen-bond donors (Lipinski definition) is 0. The Balaban J connectivity index is 1.51. The van der Waals surface area contributed by atoms with Gasteiger partial charge in [-0.1, -0.05) is 97.1 Å². The molecule has 6 rings (SSSR count). The van der Waals surface area contributed by atoms with Crippen LogP contribution in [0, 0.1) is 0 Å². The zero-order chi connectivity index (χ0) is 22.0. The summed E-state index contributed by atoms with van der Waals surface area (Å²) in [7, 11) is 0. The second kappa shape index (κ2) is 8.21. The number of fused-ring (bicyclic) bond motifs is 1. The van der Waals surface area contributed by atoms with Crippen LogP contribution < -0.4 is 0 Å². The van der Waals surface area contributed by atoms with E-state index in [4.69, 9.17) is 9.97 Å². The zero-order valence-electron chi connectivity index (χ0n) is 18.0. The Morgan fingerprint density at radius 2 is 1.00 bits per heavy atom. The molecule has 0 N–H and O–H groups in total. The molecular weight excluding hydrogens is 402 g/mol. The Kier molecular flexibility index (Phi) is 4.78. The fraction of sp³-hybridized carbons (Fsp3) is 0. The van der Waals surface area contributed by atoms with E-state index in [9.17, 15) is 0 Å². The van der Waals surface area contributed by atoms with Gasteiger partial charge < -0.3 is 0 Å². The molecule has 2 heterocycles. The van der Waals surface area contributed by atoms with Crippen molar-refractivity contribution in [3.63, 3.8) is 0 Å². The van der Waals surface area contributed by atoms with Gasteiger partial charge in [-0.2, -0.15) is 0 Å². The lowest BCUT2D eigenvalue weighted by Gasteiger charge is -2.11. The molecule has 0 amide bonds. The van der Waals surface area contributed by atoms with Crippen LogP contribution in [0.15, 0.2) is 128 Å². The van der Waals surface area contributed by atoms with Crippen LogP contribution in [-0.4, -0.2) is 14.5 Å². The van der Waals surface area contributed by atoms with Gasteiger partial charge in [0.15, 0.2) is 0 Å². The lowest BCUT2D eigenvalue weighted by atomic mass is 10.0. The first-order valence-electron chi connectivity index (χ1n) is 11.0. The van der Waals surface area contributed by atoms with Gasteiger partial charge in [-0.05, 0) is 35.4 Å². The monoisotopic (exact) mass is 423 g/mol. The Morgan fingerprint density at radius 3 is 1.58 bits per heavy atom. The topological polar surface area (TPSA) is 30.7 Å². The number of nitrogens with zero attached hydrogens (tertiary/aromatic N) is 3. The summed E-state index contributed by atoms with van der Waals surface area (Å²) in [5.74, 6) is 0.665. The maximum absolute atomic E-state index is 4.95. The van der Waals surface area contributed by atoms with Crippen molar-refractivity contribution in [3.05, 3.63) is 128 Å². The summed E-state index contributed by atoms with van der Waals surface area (Å²) in [5, 5.41) is 1.16. The van der Waals surface area contributed by atoms with E-state index in [-0.39, 0.29) is 0 Å². The molecule has 0 spiro atoms. The smallest absolute Gasteiger partial charge is 0.235 e. The van der Waals surface area contributed by atoms with Gasteiger partial charge in [0.2, 0.25) is 5.95 Å². The molecule has 33 heavy (non-hydrogen) atoms. The molecule has 2 aromatic heterocycles. The quantitative estimate of drug-likeness (QED) is 0.295. The van der Waals surface area contributed by atoms with Gasteiger partial charge in [0.05, 0.1) is 16.9 Å². The third kappa shape index (κ3) is 3.70. The van der Waals surface area contributed by atoms with Crippen LogP contribution >= 0.6 is 0 Å². The van der Waals surface area contributed by atoms with E-state index in [0.29, 0.717) is 5.95 Å². The van der Waals surface area contributed by atoms with E-state index in [1.54, 1.807) is 0 Å². The Labute approximate surface area is 192 Å². The van der Waals surface area contributed by atoms with Crippen LogP contribution in [0.1, 0.15) is 0 Å². The minimum atomic E-state index is 0.665. The maximum Gasteiger partial charge on any atom is 0.235 e. The van der Waals surface area contributed by atoms with Crippen LogP contribution in [0.25, 0.3) is 50.5 Å². The lowest BCUT2D eigenvalue weighted by molar-refractivity contribution is 0.969. The van der Waals surface area contributed by atoms with Crippen LogP contribution in [0.5, 0.6) is 0 Å². The van der Waals surface area contributed by atoms with Gasteiger partial charge in [-0.3, -0.25) is 4.57 Å². The van der Waals surface area contributed by atoms with E-state index in [0.717, 1.165) is 33.4 Å². The summed E-state index contributed by atoms with van der Waals surface area (Å²) in [6.45, 7) is 0. The van der Waals surface area contributed by atoms with Crippen LogP contribution in [-0.2, 0) is 0 Å². The van der Waals surface area contributed by atoms with Crippen LogP contribution in [0.4, 0.5) is 0 Å². The predicted octanol–water partition coefficient (Wildman–Crippen LogP) is 7.42. The molecule has 4 aromatic carbocycles. The van der Waals surface area contributed by atoms with E-state index >= 15 is 0 Å². The largest absolute Gasteiger partial charge is 0.285 e. The fourth-order valence-electron chi connectivity index (χ4n) is 4.18. The van der Waals surface area contributed by atoms with Gasteiger partial charge >= 0.3 is 0 Å². The first kappa shape index (κ1) is 19.2. The van der Waals surface area contributed by atoms with E-state index in [2.05, 4.69) is 89.6 Å². The summed E-state index contributed by atoms with van der Waals surface area (Å²) in [6, 6.07) is 41.7. The Hall–Kier alpha value is -4.50. The Bertz CT molecular complexity index is 1480. The number of hydrogen-bond acceptors (Lipinski definition) is 2. The highest BCUT2D eigenvalue weighted by molar-refractivity contribution is 5.86. The molecule has 156 valence electrons. The molecule has 0 unspecified atom stereocenters. The van der Waals surface area contributed by atoms with Crippen molar-refractivity contribution >= 4 is 10.9 Å². The molecule has 0 atom stereocenters. The second-order valence-corrected chi connectivity index (χ2v) is 8.00. The Morgan fingerprint density at radius 1 is 0.455 bits per heavy atom. The number of rotatable bonds is 4. The van der Waals surface area contributed by atoms with Crippen LogP contribution in [0.2, 0.25) is 0 Å². The standard InChI is InChI=1S/C30H21N3/c1-4-10-22(11-5-1)25-16-17-29-26(20-25)18-19-33(29)30-31-27(23-12-6-2-7-13-23)21-28(32-30)24-14-8-3-9-15-24/h1-21H. The molecule has 3 nitrogen and oxygen atoms in total. The van der Waals surface area contributed by atoms with Crippen molar-refractivity contribution < 1.29 is 0 Å². The molecule has 0 aliphatic rings. The fourth-order valence-corrected chi connectivity index (χ4v) is 4.18. The minimum absolute atomic E-state index is 0.665. The second-order valence-electron chi connectivity index (χ2n) is 8.00. The van der Waals surface area contributed by atoms with E-state index < -0.39 is 0 Å². The minimum Gasteiger partial charge on any atom is -0.285 e. The van der Waals surface area contributed by atoms with Crippen molar-refractivity contribution in [1.82, 2.24) is 14.5 Å². The highest BCUT2D eigenvalue weighted by Crippen LogP contribution is 2.29. The van der Waals surface area contributed by atoms with E-state index in [1.807, 2.05) is 42.5 Å². The SMILES string of the molecule is c1ccc(-c2ccc3c(ccn3-c3nc(-c4ccccc4)cc(-c4ccccc4)n3)c2)cc1. The number of aromatic nitrogens is 3. The first-order valence-corrected chi connectivity index (χ1v) is 11.0. The molecule has 0 fully saturated rings. The average Bonchev–Trinajstić information content (AvgIpc) is 3.33. The van der Waals surface area contributed by atoms with Gasteiger partial charge in [-0.25, -0.2) is 9.97 Å². The van der Waals surface area contributed by atoms with Gasteiger partial charge in [0.1, 0.15) is 0 Å². The van der Waals surface area contributed by atoms with Gasteiger partial charge in [-0.15, -0.1) is 0 Å². The van der Waals surface area contributed by atoms with Crippen molar-refractivity contribution in [2.45, 2.75) is 0 Å². The molecule has 6 aromatic rings. The summed E-state index contributed by atoms with van der Waals surface area (Å²) in [5.41, 5.74) is 7.44. The van der Waals surface area contributed by atoms with Gasteiger partial charge in [0.25, 0.3) is 0 Å². The number of benzene rings is 4.